The van der Waals surface area contributed by atoms with E-state index in [0.29, 0.717) is 11.6 Å². The topological polar surface area (TPSA) is 36.7 Å². The van der Waals surface area contributed by atoms with E-state index < -0.39 is 0 Å². The highest BCUT2D eigenvalue weighted by Crippen LogP contribution is 2.22. The van der Waals surface area contributed by atoms with Crippen molar-refractivity contribution < 1.29 is 0 Å². The Bertz CT molecular complexity index is 536. The molecule has 0 unspecified atom stereocenters. The van der Waals surface area contributed by atoms with E-state index in [9.17, 15) is 0 Å². The van der Waals surface area contributed by atoms with Crippen molar-refractivity contribution in [2.75, 3.05) is 0 Å². The SMILES string of the molecule is CC(C)c1ccc2c(C#N)nccc2c1. The van der Waals surface area contributed by atoms with Gasteiger partial charge in [-0.2, -0.15) is 5.26 Å². The van der Waals surface area contributed by atoms with Gasteiger partial charge in [-0.1, -0.05) is 32.0 Å². The standard InChI is InChI=1S/C13H12N2/c1-9(2)10-3-4-12-11(7-10)5-6-15-13(12)8-14/h3-7,9H,1-2H3. The molecule has 0 atom stereocenters. The average molecular weight is 196 g/mol. The zero-order chi connectivity index (χ0) is 10.8. The molecule has 2 aromatic rings. The summed E-state index contributed by atoms with van der Waals surface area (Å²) in [6, 6.07) is 10.2. The van der Waals surface area contributed by atoms with E-state index in [0.717, 1.165) is 10.8 Å². The zero-order valence-corrected chi connectivity index (χ0v) is 8.86. The van der Waals surface area contributed by atoms with Crippen molar-refractivity contribution in [3.8, 4) is 6.07 Å². The molecule has 0 bridgehead atoms. The Morgan fingerprint density at radius 2 is 2.07 bits per heavy atom. The maximum absolute atomic E-state index is 8.90. The molecule has 0 saturated heterocycles. The summed E-state index contributed by atoms with van der Waals surface area (Å²) < 4.78 is 0. The molecule has 0 aliphatic rings. The molecule has 0 saturated carbocycles. The lowest BCUT2D eigenvalue weighted by Gasteiger charge is -2.06. The first-order chi connectivity index (χ1) is 7.22. The van der Waals surface area contributed by atoms with Gasteiger partial charge < -0.3 is 0 Å². The van der Waals surface area contributed by atoms with Gasteiger partial charge in [-0.3, -0.25) is 0 Å². The van der Waals surface area contributed by atoms with Gasteiger partial charge in [-0.15, -0.1) is 0 Å². The predicted molar refractivity (Wildman–Crippen MR) is 60.5 cm³/mol. The summed E-state index contributed by atoms with van der Waals surface area (Å²) in [5.74, 6) is 0.508. The molecule has 15 heavy (non-hydrogen) atoms. The highest BCUT2D eigenvalue weighted by atomic mass is 14.7. The molecule has 74 valence electrons. The molecule has 0 fully saturated rings. The van der Waals surface area contributed by atoms with Crippen molar-refractivity contribution in [3.63, 3.8) is 0 Å². The number of aromatic nitrogens is 1. The predicted octanol–water partition coefficient (Wildman–Crippen LogP) is 3.23. The summed E-state index contributed by atoms with van der Waals surface area (Å²) >= 11 is 0. The Labute approximate surface area is 89.2 Å². The van der Waals surface area contributed by atoms with Crippen molar-refractivity contribution in [3.05, 3.63) is 41.7 Å². The number of pyridine rings is 1. The molecule has 0 spiro atoms. The van der Waals surface area contributed by atoms with Gasteiger partial charge in [0.25, 0.3) is 0 Å². The quantitative estimate of drug-likeness (QED) is 0.702. The van der Waals surface area contributed by atoms with Crippen LogP contribution in [0.15, 0.2) is 30.5 Å². The van der Waals surface area contributed by atoms with Gasteiger partial charge >= 0.3 is 0 Å². The van der Waals surface area contributed by atoms with Gasteiger partial charge in [-0.05, 0) is 22.9 Å². The smallest absolute Gasteiger partial charge is 0.148 e. The van der Waals surface area contributed by atoms with E-state index in [1.165, 1.54) is 5.56 Å². The lowest BCUT2D eigenvalue weighted by molar-refractivity contribution is 0.868. The van der Waals surface area contributed by atoms with E-state index in [1.807, 2.05) is 12.1 Å². The Morgan fingerprint density at radius 1 is 1.27 bits per heavy atom. The third-order valence-electron chi connectivity index (χ3n) is 2.56. The fourth-order valence-electron chi connectivity index (χ4n) is 1.64. The zero-order valence-electron chi connectivity index (χ0n) is 8.86. The van der Waals surface area contributed by atoms with Crippen LogP contribution < -0.4 is 0 Å². The van der Waals surface area contributed by atoms with Crippen molar-refractivity contribution in [1.29, 1.82) is 5.26 Å². The minimum Gasteiger partial charge on any atom is -0.245 e. The van der Waals surface area contributed by atoms with Crippen LogP contribution in [0.5, 0.6) is 0 Å². The molecule has 0 N–H and O–H groups in total. The van der Waals surface area contributed by atoms with Crippen LogP contribution in [0.25, 0.3) is 10.8 Å². The Hall–Kier alpha value is -1.88. The van der Waals surface area contributed by atoms with Crippen molar-refractivity contribution >= 4 is 10.8 Å². The van der Waals surface area contributed by atoms with E-state index in [1.54, 1.807) is 6.20 Å². The summed E-state index contributed by atoms with van der Waals surface area (Å²) in [5.41, 5.74) is 1.79. The van der Waals surface area contributed by atoms with Gasteiger partial charge in [-0.25, -0.2) is 4.98 Å². The second kappa shape index (κ2) is 3.70. The van der Waals surface area contributed by atoms with Crippen LogP contribution in [0.2, 0.25) is 0 Å². The molecule has 2 heteroatoms. The second-order valence-electron chi connectivity index (χ2n) is 3.91. The van der Waals surface area contributed by atoms with Crippen molar-refractivity contribution in [1.82, 2.24) is 4.98 Å². The van der Waals surface area contributed by atoms with Gasteiger partial charge in [0.15, 0.2) is 0 Å². The molecule has 1 aromatic heterocycles. The van der Waals surface area contributed by atoms with Crippen molar-refractivity contribution in [2.45, 2.75) is 19.8 Å². The van der Waals surface area contributed by atoms with Gasteiger partial charge in [0.05, 0.1) is 0 Å². The molecule has 1 heterocycles. The highest BCUT2D eigenvalue weighted by Gasteiger charge is 2.04. The Balaban J connectivity index is 2.70. The summed E-state index contributed by atoms with van der Waals surface area (Å²) in [6.07, 6.45) is 1.69. The maximum atomic E-state index is 8.90. The molecule has 0 amide bonds. The molecule has 1 aromatic carbocycles. The van der Waals surface area contributed by atoms with Crippen LogP contribution in [0.3, 0.4) is 0 Å². The molecular weight excluding hydrogens is 184 g/mol. The van der Waals surface area contributed by atoms with Crippen molar-refractivity contribution in [2.24, 2.45) is 0 Å². The van der Waals surface area contributed by atoms with Crippen LogP contribution in [0.1, 0.15) is 31.0 Å². The first-order valence-corrected chi connectivity index (χ1v) is 5.01. The Kier molecular flexibility index (Phi) is 2.39. The second-order valence-corrected chi connectivity index (χ2v) is 3.91. The fraction of sp³-hybridized carbons (Fsp3) is 0.231. The van der Waals surface area contributed by atoms with E-state index in [4.69, 9.17) is 5.26 Å². The third-order valence-corrected chi connectivity index (χ3v) is 2.56. The number of hydrogen-bond acceptors (Lipinski definition) is 2. The van der Waals surface area contributed by atoms with E-state index in [-0.39, 0.29) is 0 Å². The largest absolute Gasteiger partial charge is 0.245 e. The Morgan fingerprint density at radius 3 is 2.73 bits per heavy atom. The number of nitriles is 1. The first-order valence-electron chi connectivity index (χ1n) is 5.01. The summed E-state index contributed by atoms with van der Waals surface area (Å²) in [4.78, 5) is 4.04. The van der Waals surface area contributed by atoms with Gasteiger partial charge in [0.2, 0.25) is 0 Å². The number of fused-ring (bicyclic) bond motifs is 1. The normalized spacial score (nSPS) is 10.5. The minimum atomic E-state index is 0.503. The third kappa shape index (κ3) is 1.69. The molecule has 0 radical (unpaired) electrons. The summed E-state index contributed by atoms with van der Waals surface area (Å²) in [5, 5.41) is 10.9. The molecule has 2 rings (SSSR count). The van der Waals surface area contributed by atoms with E-state index in [2.05, 4.69) is 37.0 Å². The van der Waals surface area contributed by atoms with Crippen LogP contribution in [-0.2, 0) is 0 Å². The van der Waals surface area contributed by atoms with Crippen LogP contribution >= 0.6 is 0 Å². The first kappa shape index (κ1) is 9.67. The highest BCUT2D eigenvalue weighted by molar-refractivity contribution is 5.86. The maximum Gasteiger partial charge on any atom is 0.148 e. The van der Waals surface area contributed by atoms with Crippen LogP contribution in [-0.4, -0.2) is 4.98 Å². The van der Waals surface area contributed by atoms with Gasteiger partial charge in [0, 0.05) is 11.6 Å². The minimum absolute atomic E-state index is 0.503. The lowest BCUT2D eigenvalue weighted by atomic mass is 9.99. The van der Waals surface area contributed by atoms with E-state index >= 15 is 0 Å². The van der Waals surface area contributed by atoms with Gasteiger partial charge in [0.1, 0.15) is 11.8 Å². The fourth-order valence-corrected chi connectivity index (χ4v) is 1.64. The number of rotatable bonds is 1. The number of nitrogens with zero attached hydrogens (tertiary/aromatic N) is 2. The summed E-state index contributed by atoms with van der Waals surface area (Å²) in [6.45, 7) is 4.32. The van der Waals surface area contributed by atoms with Crippen LogP contribution in [0, 0.1) is 11.3 Å². The molecule has 2 nitrogen and oxygen atoms in total. The molecule has 0 aliphatic heterocycles. The number of hydrogen-bond donors (Lipinski definition) is 0. The summed E-state index contributed by atoms with van der Waals surface area (Å²) in [7, 11) is 0. The monoisotopic (exact) mass is 196 g/mol. The lowest BCUT2D eigenvalue weighted by Crippen LogP contribution is -1.89. The number of benzene rings is 1. The molecular formula is C13H12N2. The molecule has 0 aliphatic carbocycles. The average Bonchev–Trinajstić information content (AvgIpc) is 2.27. The van der Waals surface area contributed by atoms with Crippen LogP contribution in [0.4, 0.5) is 0 Å².